The monoisotopic (exact) mass is 403 g/mol. The largest absolute Gasteiger partial charge is 0.492 e. The van der Waals surface area contributed by atoms with Crippen LogP contribution in [0.5, 0.6) is 5.75 Å². The van der Waals surface area contributed by atoms with Crippen LogP contribution in [0.4, 0.5) is 5.69 Å². The van der Waals surface area contributed by atoms with E-state index in [4.69, 9.17) is 4.74 Å². The van der Waals surface area contributed by atoms with E-state index in [-0.39, 0.29) is 11.8 Å². The fourth-order valence-electron chi connectivity index (χ4n) is 3.32. The van der Waals surface area contributed by atoms with Gasteiger partial charge in [-0.2, -0.15) is 0 Å². The number of carbonyl (C=O) groups is 2. The summed E-state index contributed by atoms with van der Waals surface area (Å²) in [4.78, 5) is 29.7. The Balaban J connectivity index is 1.82. The number of likely N-dealkylation sites (tertiary alicyclic amines) is 1. The molecule has 2 amide bonds. The lowest BCUT2D eigenvalue weighted by atomic mass is 9.93. The number of ether oxygens (including phenoxy) is 1. The molecule has 1 aromatic carbocycles. The van der Waals surface area contributed by atoms with Crippen LogP contribution in [0.3, 0.4) is 0 Å². The number of aliphatic imine (C=N–C) groups is 1. The summed E-state index contributed by atoms with van der Waals surface area (Å²) in [5, 5.41) is 8.79. The molecular formula is C21H33N5O3. The van der Waals surface area contributed by atoms with E-state index in [2.05, 4.69) is 32.8 Å². The van der Waals surface area contributed by atoms with Gasteiger partial charge in [0.05, 0.1) is 6.54 Å². The van der Waals surface area contributed by atoms with E-state index in [1.54, 1.807) is 13.1 Å². The van der Waals surface area contributed by atoms with E-state index in [0.717, 1.165) is 38.4 Å². The van der Waals surface area contributed by atoms with Crippen LogP contribution in [-0.2, 0) is 9.59 Å². The van der Waals surface area contributed by atoms with Crippen molar-refractivity contribution in [3.05, 3.63) is 24.3 Å². The van der Waals surface area contributed by atoms with Gasteiger partial charge < -0.3 is 25.6 Å². The summed E-state index contributed by atoms with van der Waals surface area (Å²) in [5.41, 5.74) is 0.714. The van der Waals surface area contributed by atoms with Crippen LogP contribution in [-0.4, -0.2) is 62.5 Å². The van der Waals surface area contributed by atoms with Crippen molar-refractivity contribution < 1.29 is 14.3 Å². The number of carbonyl (C=O) groups excluding carboxylic acids is 2. The highest BCUT2D eigenvalue weighted by Gasteiger charge is 2.22. The molecule has 0 radical (unpaired) electrons. The molecule has 0 unspecified atom stereocenters. The summed E-state index contributed by atoms with van der Waals surface area (Å²) < 4.78 is 5.77. The Kier molecular flexibility index (Phi) is 9.27. The number of anilines is 1. The Hall–Kier alpha value is -2.77. The first kappa shape index (κ1) is 22.5. The number of nitrogens with zero attached hydrogens (tertiary/aromatic N) is 2. The Bertz CT molecular complexity index is 699. The summed E-state index contributed by atoms with van der Waals surface area (Å²) in [6.07, 6.45) is 2.58. The van der Waals surface area contributed by atoms with Gasteiger partial charge in [0.15, 0.2) is 5.96 Å². The molecule has 1 saturated heterocycles. The van der Waals surface area contributed by atoms with E-state index < -0.39 is 0 Å². The first-order valence-corrected chi connectivity index (χ1v) is 10.3. The van der Waals surface area contributed by atoms with Crippen LogP contribution in [0, 0.1) is 5.92 Å². The molecule has 1 aliphatic heterocycles. The van der Waals surface area contributed by atoms with Gasteiger partial charge >= 0.3 is 0 Å². The first-order chi connectivity index (χ1) is 14.0. The number of guanidine groups is 1. The zero-order chi connectivity index (χ0) is 21.1. The highest BCUT2D eigenvalue weighted by atomic mass is 16.5. The van der Waals surface area contributed by atoms with Crippen molar-refractivity contribution in [2.24, 2.45) is 10.9 Å². The van der Waals surface area contributed by atoms with E-state index in [0.29, 0.717) is 36.9 Å². The second-order valence-corrected chi connectivity index (χ2v) is 7.10. The minimum Gasteiger partial charge on any atom is -0.492 e. The number of hydrogen-bond acceptors (Lipinski definition) is 4. The van der Waals surface area contributed by atoms with Gasteiger partial charge in [0.1, 0.15) is 12.4 Å². The van der Waals surface area contributed by atoms with Crippen LogP contribution >= 0.6 is 0 Å². The maximum atomic E-state index is 11.6. The summed E-state index contributed by atoms with van der Waals surface area (Å²) >= 11 is 0. The molecule has 8 nitrogen and oxygen atoms in total. The number of rotatable bonds is 8. The van der Waals surface area contributed by atoms with Crippen LogP contribution in [0.1, 0.15) is 33.1 Å². The molecule has 1 aliphatic rings. The molecule has 3 N–H and O–H groups in total. The van der Waals surface area contributed by atoms with Crippen molar-refractivity contribution >= 4 is 23.5 Å². The number of piperidine rings is 1. The molecule has 2 rings (SSSR count). The fraction of sp³-hybridized carbons (Fsp3) is 0.571. The predicted molar refractivity (Wildman–Crippen MR) is 115 cm³/mol. The van der Waals surface area contributed by atoms with Gasteiger partial charge in [-0.3, -0.25) is 9.59 Å². The molecule has 0 atom stereocenters. The Morgan fingerprint density at radius 2 is 2.03 bits per heavy atom. The van der Waals surface area contributed by atoms with Crippen molar-refractivity contribution in [3.8, 4) is 5.75 Å². The van der Waals surface area contributed by atoms with Crippen molar-refractivity contribution in [1.82, 2.24) is 15.5 Å². The molecular weight excluding hydrogens is 370 g/mol. The second kappa shape index (κ2) is 11.9. The number of nitrogens with one attached hydrogen (secondary N) is 3. The van der Waals surface area contributed by atoms with Crippen LogP contribution in [0.15, 0.2) is 29.3 Å². The fourth-order valence-corrected chi connectivity index (χ4v) is 3.32. The van der Waals surface area contributed by atoms with Gasteiger partial charge in [-0.1, -0.05) is 6.07 Å². The minimum absolute atomic E-state index is 0.110. The zero-order valence-electron chi connectivity index (χ0n) is 17.7. The molecule has 160 valence electrons. The lowest BCUT2D eigenvalue weighted by molar-refractivity contribution is -0.121. The average molecular weight is 404 g/mol. The summed E-state index contributed by atoms with van der Waals surface area (Å²) in [6.45, 7) is 7.11. The first-order valence-electron chi connectivity index (χ1n) is 10.3. The quantitative estimate of drug-likeness (QED) is 0.350. The third-order valence-corrected chi connectivity index (χ3v) is 4.78. The summed E-state index contributed by atoms with van der Waals surface area (Å²) in [7, 11) is 1.69. The predicted octanol–water partition coefficient (Wildman–Crippen LogP) is 1.84. The molecule has 0 aromatic heterocycles. The Morgan fingerprint density at radius 1 is 1.28 bits per heavy atom. The van der Waals surface area contributed by atoms with Crippen LogP contribution < -0.4 is 20.7 Å². The van der Waals surface area contributed by atoms with Crippen LogP contribution in [0.25, 0.3) is 0 Å². The number of amides is 2. The molecule has 1 fully saturated rings. The van der Waals surface area contributed by atoms with Gasteiger partial charge in [0, 0.05) is 51.8 Å². The van der Waals surface area contributed by atoms with Crippen molar-refractivity contribution in [1.29, 1.82) is 0 Å². The van der Waals surface area contributed by atoms with Crippen molar-refractivity contribution in [3.63, 3.8) is 0 Å². The third-order valence-electron chi connectivity index (χ3n) is 4.78. The third kappa shape index (κ3) is 8.01. The molecule has 0 bridgehead atoms. The van der Waals surface area contributed by atoms with Gasteiger partial charge in [-0.15, -0.1) is 0 Å². The SMILES string of the molecule is CCNC(=NCCOc1cccc(NC(C)=O)c1)N1CCC(CC(=O)NC)CC1. The van der Waals surface area contributed by atoms with Gasteiger partial charge in [0.25, 0.3) is 0 Å². The maximum Gasteiger partial charge on any atom is 0.221 e. The summed E-state index contributed by atoms with van der Waals surface area (Å²) in [6, 6.07) is 7.32. The van der Waals surface area contributed by atoms with Crippen molar-refractivity contribution in [2.45, 2.75) is 33.1 Å². The second-order valence-electron chi connectivity index (χ2n) is 7.10. The Labute approximate surface area is 173 Å². The van der Waals surface area contributed by atoms with E-state index >= 15 is 0 Å². The Morgan fingerprint density at radius 3 is 2.69 bits per heavy atom. The topological polar surface area (TPSA) is 95.1 Å². The van der Waals surface area contributed by atoms with Gasteiger partial charge in [-0.05, 0) is 37.8 Å². The molecule has 29 heavy (non-hydrogen) atoms. The van der Waals surface area contributed by atoms with E-state index in [9.17, 15) is 9.59 Å². The van der Waals surface area contributed by atoms with Gasteiger partial charge in [-0.25, -0.2) is 4.99 Å². The lowest BCUT2D eigenvalue weighted by Crippen LogP contribution is -2.46. The number of hydrogen-bond donors (Lipinski definition) is 3. The highest BCUT2D eigenvalue weighted by Crippen LogP contribution is 2.20. The smallest absolute Gasteiger partial charge is 0.221 e. The van der Waals surface area contributed by atoms with Crippen LogP contribution in [0.2, 0.25) is 0 Å². The maximum absolute atomic E-state index is 11.6. The average Bonchev–Trinajstić information content (AvgIpc) is 2.70. The summed E-state index contributed by atoms with van der Waals surface area (Å²) in [5.74, 6) is 2.03. The molecule has 1 aromatic rings. The molecule has 0 saturated carbocycles. The zero-order valence-corrected chi connectivity index (χ0v) is 17.7. The standard InChI is InChI=1S/C21H33N5O3/c1-4-23-21(26-11-8-17(9-12-26)14-20(28)22-3)24-10-13-29-19-7-5-6-18(15-19)25-16(2)27/h5-7,15,17H,4,8-14H2,1-3H3,(H,22,28)(H,23,24)(H,25,27). The highest BCUT2D eigenvalue weighted by molar-refractivity contribution is 5.88. The molecule has 1 heterocycles. The van der Waals surface area contributed by atoms with E-state index in [1.165, 1.54) is 6.92 Å². The molecule has 0 spiro atoms. The normalized spacial score (nSPS) is 15.0. The minimum atomic E-state index is -0.110. The number of benzene rings is 1. The van der Waals surface area contributed by atoms with E-state index in [1.807, 2.05) is 18.2 Å². The molecule has 8 heteroatoms. The molecule has 0 aliphatic carbocycles. The lowest BCUT2D eigenvalue weighted by Gasteiger charge is -2.34. The van der Waals surface area contributed by atoms with Crippen molar-refractivity contribution in [2.75, 3.05) is 45.2 Å². The van der Waals surface area contributed by atoms with Gasteiger partial charge in [0.2, 0.25) is 11.8 Å².